The number of nitrogens with zero attached hydrogens (tertiary/aromatic N) is 2. The molecule has 0 bridgehead atoms. The molecule has 1 aliphatic rings. The third kappa shape index (κ3) is 4.53. The topological polar surface area (TPSA) is 85.2 Å². The van der Waals surface area contributed by atoms with E-state index in [9.17, 15) is 14.4 Å². The quantitative estimate of drug-likeness (QED) is 0.0772. The molecule has 6 rings (SSSR count). The zero-order valence-corrected chi connectivity index (χ0v) is 20.7. The third-order valence-electron chi connectivity index (χ3n) is 6.86. The first-order valence-electron chi connectivity index (χ1n) is 12.5. The molecule has 0 aromatic heterocycles. The number of esters is 1. The molecule has 0 radical (unpaired) electrons. The van der Waals surface area contributed by atoms with Crippen molar-refractivity contribution in [3.8, 4) is 5.75 Å². The summed E-state index contributed by atoms with van der Waals surface area (Å²) in [6.45, 7) is 0. The molecule has 0 spiro atoms. The molecule has 0 saturated carbocycles. The molecule has 2 atom stereocenters. The van der Waals surface area contributed by atoms with Crippen LogP contribution in [0.5, 0.6) is 5.75 Å². The summed E-state index contributed by atoms with van der Waals surface area (Å²) in [6, 6.07) is 35.9. The van der Waals surface area contributed by atoms with Crippen LogP contribution in [0, 0.1) is 5.92 Å². The largest absolute Gasteiger partial charge is 0.423 e. The second-order valence-electron chi connectivity index (χ2n) is 9.23. The predicted molar refractivity (Wildman–Crippen MR) is 148 cm³/mol. The SMILES string of the molecule is O=C1Oc2c(N=Nc3cccc4ccccc34)cccc2C(=O)C1C(C(=O)c1ccccc1)c1ccccc1. The molecular formula is C33H22N2O4. The highest BCUT2D eigenvalue weighted by molar-refractivity contribution is 6.19. The van der Waals surface area contributed by atoms with E-state index in [1.165, 1.54) is 0 Å². The van der Waals surface area contributed by atoms with Crippen molar-refractivity contribution in [2.24, 2.45) is 16.1 Å². The number of fused-ring (bicyclic) bond motifs is 2. The summed E-state index contributed by atoms with van der Waals surface area (Å²) >= 11 is 0. The van der Waals surface area contributed by atoms with Crippen LogP contribution >= 0.6 is 0 Å². The van der Waals surface area contributed by atoms with E-state index in [0.29, 0.717) is 16.8 Å². The first-order valence-corrected chi connectivity index (χ1v) is 12.5. The molecular weight excluding hydrogens is 488 g/mol. The van der Waals surface area contributed by atoms with Crippen LogP contribution in [-0.2, 0) is 4.79 Å². The Labute approximate surface area is 224 Å². The van der Waals surface area contributed by atoms with Gasteiger partial charge in [0.2, 0.25) is 0 Å². The Hall–Kier alpha value is -5.23. The number of ketones is 2. The van der Waals surface area contributed by atoms with Gasteiger partial charge in [0.25, 0.3) is 0 Å². The molecule has 6 nitrogen and oxygen atoms in total. The molecule has 6 heteroatoms. The monoisotopic (exact) mass is 510 g/mol. The first kappa shape index (κ1) is 24.1. The van der Waals surface area contributed by atoms with Gasteiger partial charge in [0.1, 0.15) is 11.6 Å². The third-order valence-corrected chi connectivity index (χ3v) is 6.86. The minimum absolute atomic E-state index is 0.0479. The summed E-state index contributed by atoms with van der Waals surface area (Å²) in [6.07, 6.45) is 0. The number of hydrogen-bond donors (Lipinski definition) is 0. The second-order valence-corrected chi connectivity index (χ2v) is 9.23. The number of carbonyl (C=O) groups excluding carboxylic acids is 3. The summed E-state index contributed by atoms with van der Waals surface area (Å²) in [5, 5.41) is 10.7. The van der Waals surface area contributed by atoms with Crippen molar-refractivity contribution in [3.05, 3.63) is 138 Å². The van der Waals surface area contributed by atoms with E-state index >= 15 is 0 Å². The number of carbonyl (C=O) groups is 3. The van der Waals surface area contributed by atoms with Crippen LogP contribution < -0.4 is 4.74 Å². The van der Waals surface area contributed by atoms with Gasteiger partial charge in [-0.1, -0.05) is 103 Å². The maximum Gasteiger partial charge on any atom is 0.323 e. The van der Waals surface area contributed by atoms with Gasteiger partial charge in [-0.2, -0.15) is 0 Å². The zero-order chi connectivity index (χ0) is 26.8. The summed E-state index contributed by atoms with van der Waals surface area (Å²) in [5.41, 5.74) is 2.07. The van der Waals surface area contributed by atoms with E-state index < -0.39 is 23.6 Å². The Morgan fingerprint density at radius 2 is 1.28 bits per heavy atom. The standard InChI is InChI=1S/C33H22N2O4/c36-30(23-14-5-2-6-15-23)28(22-12-3-1-4-13-22)29-31(37)25-18-10-20-27(32(25)39-33(29)38)35-34-26-19-9-16-21-11-7-8-17-24(21)26/h1-20,28-29H. The number of ether oxygens (including phenoxy) is 1. The molecule has 5 aromatic carbocycles. The molecule has 5 aromatic rings. The lowest BCUT2D eigenvalue weighted by molar-refractivity contribution is -0.138. The highest BCUT2D eigenvalue weighted by Crippen LogP contribution is 2.42. The van der Waals surface area contributed by atoms with Crippen molar-refractivity contribution < 1.29 is 19.1 Å². The van der Waals surface area contributed by atoms with Gasteiger partial charge >= 0.3 is 5.97 Å². The maximum atomic E-state index is 13.9. The minimum atomic E-state index is -1.34. The summed E-state index contributed by atoms with van der Waals surface area (Å²) in [7, 11) is 0. The lowest BCUT2D eigenvalue weighted by Crippen LogP contribution is -2.40. The number of rotatable bonds is 6. The maximum absolute atomic E-state index is 13.9. The predicted octanol–water partition coefficient (Wildman–Crippen LogP) is 7.64. The fourth-order valence-electron chi connectivity index (χ4n) is 4.97. The summed E-state index contributed by atoms with van der Waals surface area (Å²) in [5.74, 6) is -3.93. The number of Topliss-reactive ketones (excluding diaryl/α,β-unsaturated/α-hetero) is 2. The van der Waals surface area contributed by atoms with Gasteiger partial charge < -0.3 is 4.74 Å². The Morgan fingerprint density at radius 3 is 2.08 bits per heavy atom. The second kappa shape index (κ2) is 10.3. The number of hydrogen-bond acceptors (Lipinski definition) is 6. The van der Waals surface area contributed by atoms with E-state index in [-0.39, 0.29) is 22.8 Å². The molecule has 39 heavy (non-hydrogen) atoms. The van der Waals surface area contributed by atoms with Crippen molar-refractivity contribution in [2.75, 3.05) is 0 Å². The first-order chi connectivity index (χ1) is 19.1. The van der Waals surface area contributed by atoms with Gasteiger partial charge in [-0.15, -0.1) is 10.2 Å². The Bertz CT molecular complexity index is 1740. The smallest absolute Gasteiger partial charge is 0.323 e. The van der Waals surface area contributed by atoms with E-state index in [1.807, 2.05) is 48.5 Å². The van der Waals surface area contributed by atoms with E-state index in [1.54, 1.807) is 72.8 Å². The van der Waals surface area contributed by atoms with Crippen LogP contribution in [0.4, 0.5) is 11.4 Å². The average molecular weight is 511 g/mol. The fraction of sp³-hybridized carbons (Fsp3) is 0.0606. The Kier molecular flexibility index (Phi) is 6.35. The summed E-state index contributed by atoms with van der Waals surface area (Å²) < 4.78 is 5.74. The molecule has 0 amide bonds. The van der Waals surface area contributed by atoms with Crippen molar-refractivity contribution >= 4 is 39.7 Å². The van der Waals surface area contributed by atoms with Gasteiger partial charge in [0, 0.05) is 10.9 Å². The van der Waals surface area contributed by atoms with Crippen LogP contribution in [-0.4, -0.2) is 17.5 Å². The van der Waals surface area contributed by atoms with Crippen LogP contribution in [0.25, 0.3) is 10.8 Å². The van der Waals surface area contributed by atoms with Crippen LogP contribution in [0.15, 0.2) is 132 Å². The molecule has 0 aliphatic carbocycles. The lowest BCUT2D eigenvalue weighted by Gasteiger charge is -2.28. The average Bonchev–Trinajstić information content (AvgIpc) is 2.99. The molecule has 1 heterocycles. The van der Waals surface area contributed by atoms with Crippen molar-refractivity contribution in [1.29, 1.82) is 0 Å². The van der Waals surface area contributed by atoms with Crippen LogP contribution in [0.2, 0.25) is 0 Å². The summed E-state index contributed by atoms with van der Waals surface area (Å²) in [4.78, 5) is 41.0. The molecule has 0 N–H and O–H groups in total. The van der Waals surface area contributed by atoms with Gasteiger partial charge in [0.05, 0.1) is 17.2 Å². The molecule has 188 valence electrons. The molecule has 2 unspecified atom stereocenters. The van der Waals surface area contributed by atoms with Crippen molar-refractivity contribution in [1.82, 2.24) is 0 Å². The van der Waals surface area contributed by atoms with Gasteiger partial charge in [-0.3, -0.25) is 14.4 Å². The fourth-order valence-corrected chi connectivity index (χ4v) is 4.97. The number of benzene rings is 5. The Balaban J connectivity index is 1.39. The van der Waals surface area contributed by atoms with Crippen molar-refractivity contribution in [2.45, 2.75) is 5.92 Å². The number of azo groups is 1. The van der Waals surface area contributed by atoms with Crippen LogP contribution in [0.3, 0.4) is 0 Å². The van der Waals surface area contributed by atoms with E-state index in [4.69, 9.17) is 4.74 Å². The van der Waals surface area contributed by atoms with Crippen LogP contribution in [0.1, 0.15) is 32.2 Å². The molecule has 0 saturated heterocycles. The zero-order valence-electron chi connectivity index (χ0n) is 20.7. The van der Waals surface area contributed by atoms with E-state index in [2.05, 4.69) is 10.2 Å². The van der Waals surface area contributed by atoms with Gasteiger partial charge in [-0.05, 0) is 29.1 Å². The van der Waals surface area contributed by atoms with E-state index in [0.717, 1.165) is 10.8 Å². The minimum Gasteiger partial charge on any atom is -0.423 e. The molecule has 1 aliphatic heterocycles. The highest BCUT2D eigenvalue weighted by atomic mass is 16.5. The number of para-hydroxylation sites is 1. The van der Waals surface area contributed by atoms with Crippen molar-refractivity contribution in [3.63, 3.8) is 0 Å². The van der Waals surface area contributed by atoms with Gasteiger partial charge in [0.15, 0.2) is 17.3 Å². The normalized spacial score (nSPS) is 15.6. The lowest BCUT2D eigenvalue weighted by atomic mass is 9.76. The Morgan fingerprint density at radius 1 is 0.667 bits per heavy atom. The van der Waals surface area contributed by atoms with Gasteiger partial charge in [-0.25, -0.2) is 0 Å². The molecule has 0 fully saturated rings. The highest BCUT2D eigenvalue weighted by Gasteiger charge is 2.46.